The van der Waals surface area contributed by atoms with Crippen LogP contribution in [0, 0.1) is 0 Å². The molecular weight excluding hydrogens is 299 g/mol. The topological polar surface area (TPSA) is 9.23 Å². The Morgan fingerprint density at radius 1 is 0.524 bits per heavy atom. The van der Waals surface area contributed by atoms with Crippen LogP contribution in [0.3, 0.4) is 0 Å². The molecule has 3 aromatic carbocycles. The summed E-state index contributed by atoms with van der Waals surface area (Å²) in [5.74, 6) is 0. The number of hydrogen-bond donors (Lipinski definition) is 0. The van der Waals surface area contributed by atoms with Gasteiger partial charge < -0.3 is 0 Å². The maximum absolute atomic E-state index is 6.09. The summed E-state index contributed by atoms with van der Waals surface area (Å²) in [6.45, 7) is 0. The molecule has 3 heteroatoms. The molecule has 0 unspecified atom stereocenters. The van der Waals surface area contributed by atoms with Crippen LogP contribution in [0.2, 0.25) is 0 Å². The Kier molecular flexibility index (Phi) is 4.36. The van der Waals surface area contributed by atoms with E-state index in [0.29, 0.717) is 0 Å². The fourth-order valence-corrected chi connectivity index (χ4v) is 6.71. The van der Waals surface area contributed by atoms with Gasteiger partial charge in [0.05, 0.1) is 0 Å². The Balaban J connectivity index is 2.29. The first kappa shape index (κ1) is 14.3. The van der Waals surface area contributed by atoms with Gasteiger partial charge in [-0.25, -0.2) is 0 Å². The average molecular weight is 315 g/mol. The SMILES string of the molecule is ClO[PH](c1ccccc1)(c1ccccc1)c1ccccc1. The summed E-state index contributed by atoms with van der Waals surface area (Å²) in [5, 5.41) is 3.41. The normalized spacial score (nSPS) is 12.0. The molecule has 0 amide bonds. The molecule has 1 nitrogen and oxygen atoms in total. The molecule has 0 aromatic heterocycles. The summed E-state index contributed by atoms with van der Waals surface area (Å²) < 4.78 is 5.71. The van der Waals surface area contributed by atoms with Gasteiger partial charge in [-0.1, -0.05) is 0 Å². The molecule has 0 spiro atoms. The van der Waals surface area contributed by atoms with Crippen LogP contribution in [-0.4, -0.2) is 0 Å². The van der Waals surface area contributed by atoms with E-state index >= 15 is 0 Å². The molecule has 3 aromatic rings. The average Bonchev–Trinajstić information content (AvgIpc) is 2.59. The molecule has 0 saturated carbocycles. The van der Waals surface area contributed by atoms with Crippen molar-refractivity contribution >= 4 is 35.3 Å². The molecule has 0 aliphatic rings. The summed E-state index contributed by atoms with van der Waals surface area (Å²) in [5.41, 5.74) is 0. The third-order valence-corrected chi connectivity index (χ3v) is 8.02. The first-order chi connectivity index (χ1) is 10.4. The van der Waals surface area contributed by atoms with Gasteiger partial charge in [0.25, 0.3) is 0 Å². The second kappa shape index (κ2) is 6.41. The van der Waals surface area contributed by atoms with E-state index in [9.17, 15) is 0 Å². The second-order valence-corrected chi connectivity index (χ2v) is 8.57. The molecule has 106 valence electrons. The van der Waals surface area contributed by atoms with Crippen LogP contribution in [0.25, 0.3) is 0 Å². The standard InChI is InChI=1S/C18H16ClOP/c19-20-21(16-10-4-1-5-11-16,17-12-6-2-7-13-17)18-14-8-3-9-15-18/h1-15,21H. The van der Waals surface area contributed by atoms with Gasteiger partial charge in [0, 0.05) is 0 Å². The fraction of sp³-hybridized carbons (Fsp3) is 0. The molecule has 0 bridgehead atoms. The molecule has 0 atom stereocenters. The molecule has 0 aliphatic heterocycles. The number of halogens is 1. The minimum absolute atomic E-state index is 1.14. The molecule has 0 fully saturated rings. The van der Waals surface area contributed by atoms with Gasteiger partial charge in [-0.3, -0.25) is 0 Å². The van der Waals surface area contributed by atoms with Crippen LogP contribution in [-0.2, 0) is 4.08 Å². The number of rotatable bonds is 4. The summed E-state index contributed by atoms with van der Waals surface area (Å²) in [4.78, 5) is 0. The van der Waals surface area contributed by atoms with Crippen molar-refractivity contribution in [3.05, 3.63) is 91.0 Å². The van der Waals surface area contributed by atoms with E-state index in [0.717, 1.165) is 15.9 Å². The Labute approximate surface area is 130 Å². The maximum atomic E-state index is 6.09. The van der Waals surface area contributed by atoms with E-state index in [1.807, 2.05) is 54.6 Å². The van der Waals surface area contributed by atoms with Crippen LogP contribution in [0.5, 0.6) is 0 Å². The third-order valence-electron chi connectivity index (χ3n) is 3.66. The van der Waals surface area contributed by atoms with Crippen molar-refractivity contribution in [1.82, 2.24) is 0 Å². The Hall–Kier alpha value is -1.66. The summed E-state index contributed by atoms with van der Waals surface area (Å²) in [7, 11) is -2.63. The Morgan fingerprint density at radius 2 is 0.810 bits per heavy atom. The molecule has 0 aliphatic carbocycles. The van der Waals surface area contributed by atoms with Crippen molar-refractivity contribution in [3.8, 4) is 0 Å². The van der Waals surface area contributed by atoms with E-state index in [-0.39, 0.29) is 0 Å². The van der Waals surface area contributed by atoms with E-state index in [1.165, 1.54) is 0 Å². The molecular formula is C18H16ClOP. The molecule has 0 saturated heterocycles. The fourth-order valence-electron chi connectivity index (χ4n) is 2.65. The summed E-state index contributed by atoms with van der Waals surface area (Å²) in [6, 6.07) is 30.7. The van der Waals surface area contributed by atoms with Crippen LogP contribution < -0.4 is 15.9 Å². The van der Waals surface area contributed by atoms with E-state index in [1.54, 1.807) is 0 Å². The first-order valence-corrected chi connectivity index (χ1v) is 9.06. The van der Waals surface area contributed by atoms with E-state index < -0.39 is 7.49 Å². The molecule has 21 heavy (non-hydrogen) atoms. The molecule has 0 radical (unpaired) electrons. The summed E-state index contributed by atoms with van der Waals surface area (Å²) in [6.07, 6.45) is 0. The predicted molar refractivity (Wildman–Crippen MR) is 93.5 cm³/mol. The van der Waals surface area contributed by atoms with Crippen molar-refractivity contribution in [2.45, 2.75) is 0 Å². The monoisotopic (exact) mass is 314 g/mol. The quantitative estimate of drug-likeness (QED) is 0.666. The summed E-state index contributed by atoms with van der Waals surface area (Å²) >= 11 is 6.09. The zero-order valence-electron chi connectivity index (χ0n) is 11.4. The molecule has 0 N–H and O–H groups in total. The first-order valence-electron chi connectivity index (χ1n) is 6.84. The number of hydrogen-bond acceptors (Lipinski definition) is 1. The Morgan fingerprint density at radius 3 is 1.05 bits per heavy atom. The predicted octanol–water partition coefficient (Wildman–Crippen LogP) is 3.80. The van der Waals surface area contributed by atoms with Crippen LogP contribution in [0.15, 0.2) is 91.0 Å². The van der Waals surface area contributed by atoms with Gasteiger partial charge >= 0.3 is 130 Å². The molecule has 3 rings (SSSR count). The van der Waals surface area contributed by atoms with Crippen LogP contribution >= 0.6 is 19.4 Å². The van der Waals surface area contributed by atoms with Gasteiger partial charge in [-0.15, -0.1) is 0 Å². The Bertz CT molecular complexity index is 590. The van der Waals surface area contributed by atoms with Crippen molar-refractivity contribution < 1.29 is 4.08 Å². The van der Waals surface area contributed by atoms with Crippen molar-refractivity contribution in [1.29, 1.82) is 0 Å². The zero-order valence-corrected chi connectivity index (χ0v) is 13.2. The van der Waals surface area contributed by atoms with Gasteiger partial charge in [0.2, 0.25) is 0 Å². The van der Waals surface area contributed by atoms with Gasteiger partial charge in [0.1, 0.15) is 0 Å². The zero-order chi connectivity index (χ0) is 14.5. The molecule has 0 heterocycles. The van der Waals surface area contributed by atoms with E-state index in [2.05, 4.69) is 36.4 Å². The van der Waals surface area contributed by atoms with Crippen molar-refractivity contribution in [3.63, 3.8) is 0 Å². The minimum atomic E-state index is -2.63. The van der Waals surface area contributed by atoms with Gasteiger partial charge in [0.15, 0.2) is 0 Å². The second-order valence-electron chi connectivity index (χ2n) is 4.86. The van der Waals surface area contributed by atoms with Gasteiger partial charge in [-0.05, 0) is 0 Å². The van der Waals surface area contributed by atoms with E-state index in [4.69, 9.17) is 15.9 Å². The van der Waals surface area contributed by atoms with Crippen molar-refractivity contribution in [2.24, 2.45) is 0 Å². The van der Waals surface area contributed by atoms with Crippen LogP contribution in [0.4, 0.5) is 0 Å². The van der Waals surface area contributed by atoms with Crippen LogP contribution in [0.1, 0.15) is 0 Å². The van der Waals surface area contributed by atoms with Gasteiger partial charge in [-0.2, -0.15) is 0 Å². The number of benzene rings is 3. The third kappa shape index (κ3) is 2.61. The van der Waals surface area contributed by atoms with Crippen molar-refractivity contribution in [2.75, 3.05) is 0 Å².